The van der Waals surface area contributed by atoms with Crippen LogP contribution in [0.4, 0.5) is 4.79 Å². The Morgan fingerprint density at radius 3 is 2.45 bits per heavy atom. The first-order valence-corrected chi connectivity index (χ1v) is 11.9. The number of piperidine rings is 1. The van der Waals surface area contributed by atoms with Gasteiger partial charge in [0.15, 0.2) is 0 Å². The number of nitrogens with one attached hydrogen (secondary N) is 2. The first kappa shape index (κ1) is 23.3. The monoisotopic (exact) mass is 471 g/mol. The molecule has 1 aliphatic heterocycles. The molecule has 0 spiro atoms. The van der Waals surface area contributed by atoms with Crippen LogP contribution in [-0.2, 0) is 0 Å². The summed E-state index contributed by atoms with van der Waals surface area (Å²) in [6, 6.07) is 7.78. The molecule has 1 saturated carbocycles. The van der Waals surface area contributed by atoms with Crippen molar-refractivity contribution in [1.29, 1.82) is 0 Å². The number of rotatable bonds is 6. The predicted octanol–water partition coefficient (Wildman–Crippen LogP) is 3.97. The van der Waals surface area contributed by atoms with Gasteiger partial charge in [0.2, 0.25) is 0 Å². The normalized spacial score (nSPS) is 18.1. The van der Waals surface area contributed by atoms with E-state index in [0.717, 1.165) is 18.4 Å². The summed E-state index contributed by atoms with van der Waals surface area (Å²) >= 11 is 6.21. The molecule has 9 heteroatoms. The van der Waals surface area contributed by atoms with Crippen molar-refractivity contribution in [1.82, 2.24) is 25.5 Å². The summed E-state index contributed by atoms with van der Waals surface area (Å²) in [6.45, 7) is 1.13. The van der Waals surface area contributed by atoms with Crippen molar-refractivity contribution >= 4 is 23.5 Å². The molecule has 8 nitrogen and oxygen atoms in total. The number of likely N-dealkylation sites (tertiary alicyclic amines) is 1. The van der Waals surface area contributed by atoms with Crippen molar-refractivity contribution in [2.24, 2.45) is 5.92 Å². The molecule has 176 valence electrons. The standard InChI is InChI=1S/C24H30ClN5O3/c1-33-24-26-14-18(15-27-24)22(31)30-11-9-20(10-12-30)28-23(32)29-21(16-5-2-3-6-16)17-7-4-8-19(25)13-17/h4,7-8,13-16,20-21H,2-3,5-6,9-12H2,1H3,(H2,28,29,32). The maximum absolute atomic E-state index is 12.9. The van der Waals surface area contributed by atoms with Gasteiger partial charge in [-0.1, -0.05) is 36.6 Å². The summed E-state index contributed by atoms with van der Waals surface area (Å²) < 4.78 is 4.94. The van der Waals surface area contributed by atoms with E-state index in [1.165, 1.54) is 32.3 Å². The molecule has 1 aromatic carbocycles. The van der Waals surface area contributed by atoms with Crippen LogP contribution in [0.5, 0.6) is 6.01 Å². The number of halogens is 1. The van der Waals surface area contributed by atoms with Crippen LogP contribution in [-0.4, -0.2) is 53.0 Å². The van der Waals surface area contributed by atoms with Crippen molar-refractivity contribution in [3.05, 3.63) is 52.8 Å². The average molecular weight is 472 g/mol. The molecule has 1 unspecified atom stereocenters. The number of urea groups is 1. The first-order valence-electron chi connectivity index (χ1n) is 11.5. The Labute approximate surface area is 199 Å². The minimum Gasteiger partial charge on any atom is -0.467 e. The van der Waals surface area contributed by atoms with Crippen molar-refractivity contribution in [3.63, 3.8) is 0 Å². The third kappa shape index (κ3) is 5.93. The smallest absolute Gasteiger partial charge is 0.316 e. The molecule has 2 aromatic rings. The second kappa shape index (κ2) is 10.8. The molecule has 33 heavy (non-hydrogen) atoms. The Morgan fingerprint density at radius 2 is 1.82 bits per heavy atom. The van der Waals surface area contributed by atoms with Crippen molar-refractivity contribution < 1.29 is 14.3 Å². The lowest BCUT2D eigenvalue weighted by molar-refractivity contribution is 0.0707. The number of carbonyl (C=O) groups is 2. The molecule has 4 rings (SSSR count). The predicted molar refractivity (Wildman–Crippen MR) is 125 cm³/mol. The van der Waals surface area contributed by atoms with Crippen LogP contribution in [0.25, 0.3) is 0 Å². The lowest BCUT2D eigenvalue weighted by Crippen LogP contribution is -2.50. The van der Waals surface area contributed by atoms with Crippen LogP contribution in [0, 0.1) is 5.92 Å². The Morgan fingerprint density at radius 1 is 1.12 bits per heavy atom. The minimum atomic E-state index is -0.166. The van der Waals surface area contributed by atoms with E-state index in [2.05, 4.69) is 20.6 Å². The SMILES string of the molecule is COc1ncc(C(=O)N2CCC(NC(=O)NC(c3cccc(Cl)c3)C3CCCC3)CC2)cn1. The number of amides is 3. The lowest BCUT2D eigenvalue weighted by atomic mass is 9.91. The van der Waals surface area contributed by atoms with Crippen molar-refractivity contribution in [2.45, 2.75) is 50.6 Å². The maximum atomic E-state index is 12.9. The topological polar surface area (TPSA) is 96.5 Å². The highest BCUT2D eigenvalue weighted by Gasteiger charge is 2.30. The number of nitrogens with zero attached hydrogens (tertiary/aromatic N) is 3. The van der Waals surface area contributed by atoms with E-state index < -0.39 is 0 Å². The van der Waals surface area contributed by atoms with Gasteiger partial charge < -0.3 is 20.3 Å². The van der Waals surface area contributed by atoms with Gasteiger partial charge in [-0.25, -0.2) is 14.8 Å². The van der Waals surface area contributed by atoms with Gasteiger partial charge in [0.05, 0.1) is 18.7 Å². The molecule has 1 aliphatic carbocycles. The van der Waals surface area contributed by atoms with Gasteiger partial charge in [-0.3, -0.25) is 4.79 Å². The zero-order valence-electron chi connectivity index (χ0n) is 18.8. The fraction of sp³-hybridized carbons (Fsp3) is 0.500. The van der Waals surface area contributed by atoms with Crippen LogP contribution >= 0.6 is 11.6 Å². The van der Waals surface area contributed by atoms with Gasteiger partial charge in [-0.05, 0) is 49.3 Å². The summed E-state index contributed by atoms with van der Waals surface area (Å²) in [5.74, 6) is 0.309. The molecule has 3 amide bonds. The number of aromatic nitrogens is 2. The first-order chi connectivity index (χ1) is 16.0. The van der Waals surface area contributed by atoms with Gasteiger partial charge >= 0.3 is 12.0 Å². The Balaban J connectivity index is 1.31. The number of hydrogen-bond acceptors (Lipinski definition) is 5. The molecule has 1 atom stereocenters. The molecule has 2 aliphatic rings. The number of benzene rings is 1. The molecule has 2 heterocycles. The lowest BCUT2D eigenvalue weighted by Gasteiger charge is -2.33. The van der Waals surface area contributed by atoms with E-state index in [0.29, 0.717) is 42.4 Å². The number of methoxy groups -OCH3 is 1. The largest absolute Gasteiger partial charge is 0.467 e. The van der Waals surface area contributed by atoms with Gasteiger partial charge in [0.1, 0.15) is 0 Å². The van der Waals surface area contributed by atoms with Crippen molar-refractivity contribution in [2.75, 3.05) is 20.2 Å². The van der Waals surface area contributed by atoms with Crippen LogP contribution < -0.4 is 15.4 Å². The number of hydrogen-bond donors (Lipinski definition) is 2. The van der Waals surface area contributed by atoms with E-state index in [1.807, 2.05) is 24.3 Å². The molecule has 1 saturated heterocycles. The quantitative estimate of drug-likeness (QED) is 0.664. The molecular weight excluding hydrogens is 442 g/mol. The van der Waals surface area contributed by atoms with Gasteiger partial charge in [-0.15, -0.1) is 0 Å². The third-order valence-electron chi connectivity index (χ3n) is 6.54. The maximum Gasteiger partial charge on any atom is 0.316 e. The van der Waals surface area contributed by atoms with Gasteiger partial charge in [0.25, 0.3) is 5.91 Å². The Bertz CT molecular complexity index is 957. The van der Waals surface area contributed by atoms with Crippen LogP contribution in [0.3, 0.4) is 0 Å². The van der Waals surface area contributed by atoms with E-state index >= 15 is 0 Å². The Hall–Kier alpha value is -2.87. The third-order valence-corrected chi connectivity index (χ3v) is 6.78. The van der Waals surface area contributed by atoms with Gasteiger partial charge in [-0.2, -0.15) is 0 Å². The highest BCUT2D eigenvalue weighted by molar-refractivity contribution is 6.30. The minimum absolute atomic E-state index is 0.0183. The van der Waals surface area contributed by atoms with E-state index in [1.54, 1.807) is 4.90 Å². The molecule has 2 N–H and O–H groups in total. The summed E-state index contributed by atoms with van der Waals surface area (Å²) in [7, 11) is 1.48. The van der Waals surface area contributed by atoms with Crippen LogP contribution in [0.1, 0.15) is 60.5 Å². The van der Waals surface area contributed by atoms with Crippen LogP contribution in [0.2, 0.25) is 5.02 Å². The molecule has 1 aromatic heterocycles. The van der Waals surface area contributed by atoms with E-state index in [4.69, 9.17) is 16.3 Å². The van der Waals surface area contributed by atoms with E-state index in [-0.39, 0.29) is 30.0 Å². The molecule has 0 radical (unpaired) electrons. The number of ether oxygens (including phenoxy) is 1. The summed E-state index contributed by atoms with van der Waals surface area (Å²) in [5, 5.41) is 6.99. The Kier molecular flexibility index (Phi) is 7.65. The second-order valence-corrected chi connectivity index (χ2v) is 9.16. The van der Waals surface area contributed by atoms with Crippen molar-refractivity contribution in [3.8, 4) is 6.01 Å². The van der Waals surface area contributed by atoms with Gasteiger partial charge in [0, 0.05) is 36.5 Å². The zero-order valence-corrected chi connectivity index (χ0v) is 19.6. The fourth-order valence-corrected chi connectivity index (χ4v) is 4.97. The summed E-state index contributed by atoms with van der Waals surface area (Å²) in [6.07, 6.45) is 8.94. The summed E-state index contributed by atoms with van der Waals surface area (Å²) in [5.41, 5.74) is 1.48. The number of carbonyl (C=O) groups excluding carboxylic acids is 2. The fourth-order valence-electron chi connectivity index (χ4n) is 4.77. The molecule has 0 bridgehead atoms. The van der Waals surface area contributed by atoms with Crippen LogP contribution in [0.15, 0.2) is 36.7 Å². The van der Waals surface area contributed by atoms with E-state index in [9.17, 15) is 9.59 Å². The average Bonchev–Trinajstić information content (AvgIpc) is 3.37. The molecular formula is C24H30ClN5O3. The highest BCUT2D eigenvalue weighted by Crippen LogP contribution is 2.36. The summed E-state index contributed by atoms with van der Waals surface area (Å²) in [4.78, 5) is 35.3. The highest BCUT2D eigenvalue weighted by atomic mass is 35.5. The molecule has 2 fully saturated rings. The second-order valence-electron chi connectivity index (χ2n) is 8.72. The zero-order chi connectivity index (χ0) is 23.2.